The Morgan fingerprint density at radius 1 is 1.03 bits per heavy atom. The Morgan fingerprint density at radius 3 is 2.41 bits per heavy atom. The second-order valence-corrected chi connectivity index (χ2v) is 5.82. The monoisotopic (exact) mass is 396 g/mol. The lowest BCUT2D eigenvalue weighted by molar-refractivity contribution is -0.138. The van der Waals surface area contributed by atoms with Crippen LogP contribution in [0.3, 0.4) is 0 Å². The number of esters is 2. The minimum Gasteiger partial charge on any atom is -0.494 e. The maximum atomic E-state index is 11.9. The average molecular weight is 396 g/mol. The van der Waals surface area contributed by atoms with Crippen LogP contribution in [0.5, 0.6) is 5.75 Å². The smallest absolute Gasteiger partial charge is 0.354 e. The van der Waals surface area contributed by atoms with Gasteiger partial charge >= 0.3 is 11.9 Å². The topological polar surface area (TPSA) is 105 Å². The van der Waals surface area contributed by atoms with Gasteiger partial charge in [0.05, 0.1) is 32.6 Å². The highest BCUT2D eigenvalue weighted by molar-refractivity contribution is 5.99. The standard InChI is InChI=1S/C20H20N4O5/c1-4-29-15-8-6-14(7-9-15)24-22-16-10-5-13(11-17(16)23-24)21-18(20(26)28-3)12-19(25)27-2/h5-12,21H,4H2,1-3H3/b18-12+. The number of nitrogens with one attached hydrogen (secondary N) is 1. The fourth-order valence-corrected chi connectivity index (χ4v) is 2.54. The molecule has 9 heteroatoms. The summed E-state index contributed by atoms with van der Waals surface area (Å²) in [6.45, 7) is 2.52. The summed E-state index contributed by atoms with van der Waals surface area (Å²) in [4.78, 5) is 24.9. The number of carbonyl (C=O) groups excluding carboxylic acids is 2. The molecule has 0 aliphatic carbocycles. The summed E-state index contributed by atoms with van der Waals surface area (Å²) in [5.41, 5.74) is 2.53. The number of methoxy groups -OCH3 is 2. The maximum Gasteiger partial charge on any atom is 0.354 e. The van der Waals surface area contributed by atoms with E-state index in [9.17, 15) is 9.59 Å². The van der Waals surface area contributed by atoms with Crippen LogP contribution in [0.4, 0.5) is 5.69 Å². The molecule has 3 aromatic rings. The summed E-state index contributed by atoms with van der Waals surface area (Å²) >= 11 is 0. The molecule has 1 N–H and O–H groups in total. The lowest BCUT2D eigenvalue weighted by atomic mass is 10.2. The van der Waals surface area contributed by atoms with E-state index in [1.807, 2.05) is 31.2 Å². The summed E-state index contributed by atoms with van der Waals surface area (Å²) in [5.74, 6) is -0.610. The molecule has 0 radical (unpaired) electrons. The van der Waals surface area contributed by atoms with Gasteiger partial charge in [-0.3, -0.25) is 0 Å². The third kappa shape index (κ3) is 4.70. The fraction of sp³-hybridized carbons (Fsp3) is 0.200. The Kier molecular flexibility index (Phi) is 6.08. The molecule has 1 heterocycles. The van der Waals surface area contributed by atoms with Gasteiger partial charge < -0.3 is 19.5 Å². The largest absolute Gasteiger partial charge is 0.494 e. The van der Waals surface area contributed by atoms with Crippen molar-refractivity contribution in [3.8, 4) is 11.4 Å². The van der Waals surface area contributed by atoms with Crippen LogP contribution in [0.1, 0.15) is 6.92 Å². The zero-order chi connectivity index (χ0) is 20.8. The van der Waals surface area contributed by atoms with Crippen molar-refractivity contribution < 1.29 is 23.8 Å². The Hall–Kier alpha value is -3.88. The number of benzene rings is 2. The third-order valence-electron chi connectivity index (χ3n) is 3.91. The molecule has 0 bridgehead atoms. The van der Waals surface area contributed by atoms with Gasteiger partial charge in [-0.25, -0.2) is 9.59 Å². The molecule has 29 heavy (non-hydrogen) atoms. The summed E-state index contributed by atoms with van der Waals surface area (Å²) in [5, 5.41) is 11.8. The van der Waals surface area contributed by atoms with Crippen molar-refractivity contribution in [1.29, 1.82) is 0 Å². The molecular formula is C20H20N4O5. The lowest BCUT2D eigenvalue weighted by Crippen LogP contribution is -2.15. The van der Waals surface area contributed by atoms with E-state index in [0.29, 0.717) is 23.3 Å². The van der Waals surface area contributed by atoms with Crippen molar-refractivity contribution in [1.82, 2.24) is 15.0 Å². The van der Waals surface area contributed by atoms with E-state index < -0.39 is 11.9 Å². The summed E-state index contributed by atoms with van der Waals surface area (Å²) < 4.78 is 14.7. The van der Waals surface area contributed by atoms with Crippen LogP contribution in [0, 0.1) is 0 Å². The van der Waals surface area contributed by atoms with Gasteiger partial charge in [0.25, 0.3) is 0 Å². The highest BCUT2D eigenvalue weighted by atomic mass is 16.5. The molecule has 150 valence electrons. The number of hydrogen-bond donors (Lipinski definition) is 1. The third-order valence-corrected chi connectivity index (χ3v) is 3.91. The maximum absolute atomic E-state index is 11.9. The van der Waals surface area contributed by atoms with Crippen molar-refractivity contribution in [3.63, 3.8) is 0 Å². The van der Waals surface area contributed by atoms with E-state index in [1.165, 1.54) is 19.0 Å². The molecule has 0 atom stereocenters. The van der Waals surface area contributed by atoms with Crippen molar-refractivity contribution in [2.24, 2.45) is 0 Å². The van der Waals surface area contributed by atoms with E-state index in [4.69, 9.17) is 4.74 Å². The summed E-state index contributed by atoms with van der Waals surface area (Å²) in [6, 6.07) is 12.6. The predicted octanol–water partition coefficient (Wildman–Crippen LogP) is 2.46. The molecular weight excluding hydrogens is 376 g/mol. The van der Waals surface area contributed by atoms with Crippen LogP contribution in [0.25, 0.3) is 16.7 Å². The van der Waals surface area contributed by atoms with Gasteiger partial charge in [0.2, 0.25) is 0 Å². The number of rotatable bonds is 7. The first-order valence-electron chi connectivity index (χ1n) is 8.79. The fourth-order valence-electron chi connectivity index (χ4n) is 2.54. The lowest BCUT2D eigenvalue weighted by Gasteiger charge is -2.08. The average Bonchev–Trinajstić information content (AvgIpc) is 3.16. The Morgan fingerprint density at radius 2 is 1.76 bits per heavy atom. The van der Waals surface area contributed by atoms with Crippen LogP contribution < -0.4 is 10.1 Å². The van der Waals surface area contributed by atoms with E-state index in [-0.39, 0.29) is 5.70 Å². The quantitative estimate of drug-likeness (QED) is 0.480. The van der Waals surface area contributed by atoms with Crippen molar-refractivity contribution >= 4 is 28.7 Å². The van der Waals surface area contributed by atoms with Crippen LogP contribution in [0.2, 0.25) is 0 Å². The number of ether oxygens (including phenoxy) is 3. The van der Waals surface area contributed by atoms with Crippen molar-refractivity contribution in [2.45, 2.75) is 6.92 Å². The van der Waals surface area contributed by atoms with Gasteiger partial charge in [-0.2, -0.15) is 4.80 Å². The highest BCUT2D eigenvalue weighted by Crippen LogP contribution is 2.20. The minimum atomic E-state index is -0.700. The molecule has 0 fully saturated rings. The van der Waals surface area contributed by atoms with E-state index in [0.717, 1.165) is 17.5 Å². The second-order valence-electron chi connectivity index (χ2n) is 5.82. The minimum absolute atomic E-state index is 0.0578. The van der Waals surface area contributed by atoms with Crippen molar-refractivity contribution in [2.75, 3.05) is 26.1 Å². The van der Waals surface area contributed by atoms with Gasteiger partial charge in [-0.1, -0.05) is 0 Å². The molecule has 0 spiro atoms. The number of aromatic nitrogens is 3. The predicted molar refractivity (Wildman–Crippen MR) is 106 cm³/mol. The van der Waals surface area contributed by atoms with Crippen molar-refractivity contribution in [3.05, 3.63) is 54.2 Å². The number of anilines is 1. The molecule has 2 aromatic carbocycles. The van der Waals surface area contributed by atoms with Crippen LogP contribution in [-0.4, -0.2) is 47.8 Å². The zero-order valence-electron chi connectivity index (χ0n) is 16.2. The molecule has 9 nitrogen and oxygen atoms in total. The number of fused-ring (bicyclic) bond motifs is 1. The number of nitrogens with zero attached hydrogens (tertiary/aromatic N) is 3. The Bertz CT molecular complexity index is 1060. The van der Waals surface area contributed by atoms with Gasteiger partial charge in [-0.15, -0.1) is 10.2 Å². The molecule has 0 saturated carbocycles. The first-order chi connectivity index (χ1) is 14.0. The van der Waals surface area contributed by atoms with Gasteiger partial charge in [0.1, 0.15) is 22.5 Å². The molecule has 0 saturated heterocycles. The first-order valence-corrected chi connectivity index (χ1v) is 8.79. The SMILES string of the molecule is CCOc1ccc(-n2nc3ccc(N/C(=C/C(=O)OC)C(=O)OC)cc3n2)cc1. The molecule has 0 amide bonds. The number of hydrogen-bond acceptors (Lipinski definition) is 8. The molecule has 0 unspecified atom stereocenters. The highest BCUT2D eigenvalue weighted by Gasteiger charge is 2.14. The Balaban J connectivity index is 1.87. The summed E-state index contributed by atoms with van der Waals surface area (Å²) in [6.07, 6.45) is 1.02. The van der Waals surface area contributed by atoms with Gasteiger partial charge in [-0.05, 0) is 49.4 Å². The molecule has 1 aromatic heterocycles. The van der Waals surface area contributed by atoms with E-state index in [2.05, 4.69) is 25.0 Å². The van der Waals surface area contributed by atoms with Crippen LogP contribution >= 0.6 is 0 Å². The van der Waals surface area contributed by atoms with E-state index in [1.54, 1.807) is 18.2 Å². The number of carbonyl (C=O) groups is 2. The normalized spacial score (nSPS) is 11.2. The molecule has 0 aliphatic rings. The second kappa shape index (κ2) is 8.87. The first kappa shape index (κ1) is 19.9. The van der Waals surface area contributed by atoms with Gasteiger partial charge in [0.15, 0.2) is 0 Å². The summed E-state index contributed by atoms with van der Waals surface area (Å²) in [7, 11) is 2.44. The zero-order valence-corrected chi connectivity index (χ0v) is 16.2. The van der Waals surface area contributed by atoms with Crippen LogP contribution in [0.15, 0.2) is 54.2 Å². The Labute approximate surface area is 166 Å². The van der Waals surface area contributed by atoms with Crippen LogP contribution in [-0.2, 0) is 19.1 Å². The molecule has 3 rings (SSSR count). The van der Waals surface area contributed by atoms with E-state index >= 15 is 0 Å². The molecule has 0 aliphatic heterocycles. The van der Waals surface area contributed by atoms with Gasteiger partial charge in [0, 0.05) is 5.69 Å².